The van der Waals surface area contributed by atoms with Gasteiger partial charge in [0.15, 0.2) is 0 Å². The normalized spacial score (nSPS) is 16.7. The predicted molar refractivity (Wildman–Crippen MR) is 68.8 cm³/mol. The Bertz CT molecular complexity index is 491. The van der Waals surface area contributed by atoms with Crippen molar-refractivity contribution in [2.24, 2.45) is 0 Å². The van der Waals surface area contributed by atoms with E-state index < -0.39 is 0 Å². The number of nitrogens with one attached hydrogen (secondary N) is 1. The molecule has 1 N–H and O–H groups in total. The van der Waals surface area contributed by atoms with Gasteiger partial charge >= 0.3 is 0 Å². The molecule has 1 aromatic heterocycles. The van der Waals surface area contributed by atoms with Crippen LogP contribution in [0.2, 0.25) is 0 Å². The summed E-state index contributed by atoms with van der Waals surface area (Å²) in [5, 5.41) is 11.5. The Hall–Kier alpha value is -1.88. The van der Waals surface area contributed by atoms with Gasteiger partial charge in [0.25, 0.3) is 0 Å². The SMILES string of the molecule is c1ccc(-n2ccnn2)c(NC2CCOCC2)c1. The number of nitrogens with zero attached hydrogens (tertiary/aromatic N) is 3. The third-order valence-corrected chi connectivity index (χ3v) is 3.15. The van der Waals surface area contributed by atoms with Crippen molar-refractivity contribution in [1.82, 2.24) is 15.0 Å². The molecule has 94 valence electrons. The lowest BCUT2D eigenvalue weighted by Crippen LogP contribution is -2.28. The van der Waals surface area contributed by atoms with E-state index in [-0.39, 0.29) is 0 Å². The second-order valence-corrected chi connectivity index (χ2v) is 4.40. The van der Waals surface area contributed by atoms with Crippen LogP contribution >= 0.6 is 0 Å². The summed E-state index contributed by atoms with van der Waals surface area (Å²) in [6.45, 7) is 1.67. The minimum atomic E-state index is 0.475. The molecule has 0 spiro atoms. The molecule has 0 aliphatic carbocycles. The van der Waals surface area contributed by atoms with E-state index in [2.05, 4.69) is 21.7 Å². The Balaban J connectivity index is 1.83. The van der Waals surface area contributed by atoms with Gasteiger partial charge < -0.3 is 10.1 Å². The Morgan fingerprint density at radius 3 is 2.83 bits per heavy atom. The van der Waals surface area contributed by atoms with E-state index in [1.165, 1.54) is 0 Å². The van der Waals surface area contributed by atoms with Gasteiger partial charge in [-0.2, -0.15) is 0 Å². The van der Waals surface area contributed by atoms with Crippen LogP contribution in [0, 0.1) is 0 Å². The molecule has 0 bridgehead atoms. The molecule has 1 fully saturated rings. The molecule has 2 heterocycles. The molecule has 18 heavy (non-hydrogen) atoms. The summed E-state index contributed by atoms with van der Waals surface area (Å²) in [7, 11) is 0. The zero-order valence-electron chi connectivity index (χ0n) is 10.1. The van der Waals surface area contributed by atoms with Crippen LogP contribution in [0.4, 0.5) is 5.69 Å². The highest BCUT2D eigenvalue weighted by Crippen LogP contribution is 2.22. The first-order chi connectivity index (χ1) is 8.93. The number of hydrogen-bond donors (Lipinski definition) is 1. The average molecular weight is 244 g/mol. The highest BCUT2D eigenvalue weighted by atomic mass is 16.5. The van der Waals surface area contributed by atoms with Crippen LogP contribution in [-0.2, 0) is 4.74 Å². The lowest BCUT2D eigenvalue weighted by atomic mass is 10.1. The molecule has 1 aliphatic rings. The van der Waals surface area contributed by atoms with Gasteiger partial charge in [0, 0.05) is 19.3 Å². The molecular formula is C13H16N4O. The minimum Gasteiger partial charge on any atom is -0.381 e. The summed E-state index contributed by atoms with van der Waals surface area (Å²) in [6.07, 6.45) is 5.63. The largest absolute Gasteiger partial charge is 0.381 e. The molecule has 0 unspecified atom stereocenters. The zero-order valence-corrected chi connectivity index (χ0v) is 10.1. The van der Waals surface area contributed by atoms with E-state index >= 15 is 0 Å². The third kappa shape index (κ3) is 2.36. The summed E-state index contributed by atoms with van der Waals surface area (Å²) < 4.78 is 7.15. The minimum absolute atomic E-state index is 0.475. The van der Waals surface area contributed by atoms with Crippen LogP contribution in [0.5, 0.6) is 0 Å². The van der Waals surface area contributed by atoms with E-state index in [4.69, 9.17) is 4.74 Å². The van der Waals surface area contributed by atoms with Crippen molar-refractivity contribution in [3.8, 4) is 5.69 Å². The molecule has 5 nitrogen and oxygen atoms in total. The van der Waals surface area contributed by atoms with Crippen molar-refractivity contribution in [3.63, 3.8) is 0 Å². The summed E-state index contributed by atoms with van der Waals surface area (Å²) in [4.78, 5) is 0. The van der Waals surface area contributed by atoms with Gasteiger partial charge in [-0.3, -0.25) is 0 Å². The second kappa shape index (κ2) is 5.18. The van der Waals surface area contributed by atoms with E-state index in [0.29, 0.717) is 6.04 Å². The fourth-order valence-electron chi connectivity index (χ4n) is 2.19. The predicted octanol–water partition coefficient (Wildman–Crippen LogP) is 1.86. The van der Waals surface area contributed by atoms with E-state index in [9.17, 15) is 0 Å². The number of ether oxygens (including phenoxy) is 1. The first-order valence-electron chi connectivity index (χ1n) is 6.23. The van der Waals surface area contributed by atoms with Crippen LogP contribution < -0.4 is 5.32 Å². The molecule has 5 heteroatoms. The summed E-state index contributed by atoms with van der Waals surface area (Å²) >= 11 is 0. The molecule has 2 aromatic rings. The highest BCUT2D eigenvalue weighted by molar-refractivity contribution is 5.60. The van der Waals surface area contributed by atoms with Crippen LogP contribution in [0.3, 0.4) is 0 Å². The molecule has 0 amide bonds. The average Bonchev–Trinajstić information content (AvgIpc) is 2.94. The van der Waals surface area contributed by atoms with E-state index in [1.54, 1.807) is 10.9 Å². The number of para-hydroxylation sites is 2. The van der Waals surface area contributed by atoms with Crippen molar-refractivity contribution in [3.05, 3.63) is 36.7 Å². The van der Waals surface area contributed by atoms with Crippen LogP contribution in [0.1, 0.15) is 12.8 Å². The highest BCUT2D eigenvalue weighted by Gasteiger charge is 2.15. The number of rotatable bonds is 3. The lowest BCUT2D eigenvalue weighted by molar-refractivity contribution is 0.0904. The van der Waals surface area contributed by atoms with Crippen LogP contribution in [0.15, 0.2) is 36.7 Å². The smallest absolute Gasteiger partial charge is 0.0894 e. The number of hydrogen-bond acceptors (Lipinski definition) is 4. The topological polar surface area (TPSA) is 52.0 Å². The standard InChI is InChI=1S/C13H16N4O/c1-2-4-13(17-8-7-14-16-17)12(3-1)15-11-5-9-18-10-6-11/h1-4,7-8,11,15H,5-6,9-10H2. The maximum absolute atomic E-state index is 5.37. The Morgan fingerprint density at radius 2 is 2.06 bits per heavy atom. The van der Waals surface area contributed by atoms with Gasteiger partial charge in [-0.15, -0.1) is 5.10 Å². The number of benzene rings is 1. The van der Waals surface area contributed by atoms with Gasteiger partial charge in [-0.1, -0.05) is 17.3 Å². The Morgan fingerprint density at radius 1 is 1.22 bits per heavy atom. The quantitative estimate of drug-likeness (QED) is 0.895. The molecule has 0 saturated carbocycles. The Labute approximate surface area is 106 Å². The van der Waals surface area contributed by atoms with Crippen molar-refractivity contribution in [2.75, 3.05) is 18.5 Å². The van der Waals surface area contributed by atoms with Crippen LogP contribution in [0.25, 0.3) is 5.69 Å². The van der Waals surface area contributed by atoms with Crippen LogP contribution in [-0.4, -0.2) is 34.2 Å². The molecule has 1 aromatic carbocycles. The summed E-state index contributed by atoms with van der Waals surface area (Å²) in [5.74, 6) is 0. The van der Waals surface area contributed by atoms with Crippen molar-refractivity contribution < 1.29 is 4.74 Å². The molecule has 0 radical (unpaired) electrons. The van der Waals surface area contributed by atoms with Gasteiger partial charge in [-0.25, -0.2) is 4.68 Å². The van der Waals surface area contributed by atoms with E-state index in [1.807, 2.05) is 24.4 Å². The first-order valence-corrected chi connectivity index (χ1v) is 6.23. The van der Waals surface area contributed by atoms with Crippen molar-refractivity contribution in [1.29, 1.82) is 0 Å². The fraction of sp³-hybridized carbons (Fsp3) is 0.385. The fourth-order valence-corrected chi connectivity index (χ4v) is 2.19. The van der Waals surface area contributed by atoms with Gasteiger partial charge in [0.2, 0.25) is 0 Å². The Kier molecular flexibility index (Phi) is 3.23. The summed E-state index contributed by atoms with van der Waals surface area (Å²) in [5.41, 5.74) is 2.12. The molecule has 1 saturated heterocycles. The lowest BCUT2D eigenvalue weighted by Gasteiger charge is -2.25. The number of aromatic nitrogens is 3. The number of anilines is 1. The first kappa shape index (κ1) is 11.2. The van der Waals surface area contributed by atoms with Crippen molar-refractivity contribution >= 4 is 5.69 Å². The third-order valence-electron chi connectivity index (χ3n) is 3.15. The maximum Gasteiger partial charge on any atom is 0.0894 e. The van der Waals surface area contributed by atoms with Gasteiger partial charge in [-0.05, 0) is 25.0 Å². The molecular weight excluding hydrogens is 228 g/mol. The molecule has 3 rings (SSSR count). The monoisotopic (exact) mass is 244 g/mol. The molecule has 0 atom stereocenters. The maximum atomic E-state index is 5.37. The summed E-state index contributed by atoms with van der Waals surface area (Å²) in [6, 6.07) is 8.63. The van der Waals surface area contributed by atoms with Gasteiger partial charge in [0.05, 0.1) is 23.8 Å². The van der Waals surface area contributed by atoms with Crippen molar-refractivity contribution in [2.45, 2.75) is 18.9 Å². The second-order valence-electron chi connectivity index (χ2n) is 4.40. The van der Waals surface area contributed by atoms with E-state index in [0.717, 1.165) is 37.4 Å². The zero-order chi connectivity index (χ0) is 12.2. The van der Waals surface area contributed by atoms with Gasteiger partial charge in [0.1, 0.15) is 0 Å². The molecule has 1 aliphatic heterocycles.